The van der Waals surface area contributed by atoms with Crippen molar-refractivity contribution in [3.05, 3.63) is 88.7 Å². The van der Waals surface area contributed by atoms with Crippen LogP contribution in [0.4, 0.5) is 5.13 Å². The molecule has 5 rings (SSSR count). The van der Waals surface area contributed by atoms with Gasteiger partial charge in [-0.1, -0.05) is 30.3 Å². The number of sulfone groups is 1. The Labute approximate surface area is 189 Å². The molecule has 0 bridgehead atoms. The van der Waals surface area contributed by atoms with Gasteiger partial charge in [0.05, 0.1) is 10.6 Å². The van der Waals surface area contributed by atoms with Crippen LogP contribution >= 0.6 is 11.3 Å². The lowest BCUT2D eigenvalue weighted by atomic mass is 10.1. The molecule has 0 aliphatic heterocycles. The molecule has 32 heavy (non-hydrogen) atoms. The lowest BCUT2D eigenvalue weighted by Crippen LogP contribution is -2.10. The number of hydrogen-bond acceptors (Lipinski definition) is 6. The Morgan fingerprint density at radius 2 is 1.84 bits per heavy atom. The van der Waals surface area contributed by atoms with Crippen LogP contribution in [0.25, 0.3) is 11.3 Å². The van der Waals surface area contributed by atoms with E-state index in [1.54, 1.807) is 18.2 Å². The summed E-state index contributed by atoms with van der Waals surface area (Å²) in [6, 6.07) is 17.5. The number of nitrogens with one attached hydrogen (secondary N) is 1. The lowest BCUT2D eigenvalue weighted by molar-refractivity contribution is 0.0995. The van der Waals surface area contributed by atoms with Crippen molar-refractivity contribution in [1.29, 1.82) is 0 Å². The Hall–Kier alpha value is -3.23. The highest BCUT2D eigenvalue weighted by Crippen LogP contribution is 2.30. The van der Waals surface area contributed by atoms with Gasteiger partial charge in [-0.3, -0.25) is 10.1 Å². The molecule has 1 aliphatic carbocycles. The molecule has 4 aromatic rings. The second-order valence-corrected chi connectivity index (χ2v) is 10.5. The SMILES string of the molecule is O=C(Nc1nc(-c2ccc3c(c2)CCC3)cs1)c1ccc(CS(=O)(=O)c2ccccc2)o1. The van der Waals surface area contributed by atoms with Crippen molar-refractivity contribution < 1.29 is 17.6 Å². The number of aryl methyl sites for hydroxylation is 2. The summed E-state index contributed by atoms with van der Waals surface area (Å²) in [5, 5.41) is 5.10. The standard InChI is InChI=1S/C24H20N2O4S2/c27-23(22-12-11-19(30-22)15-32(28,29)20-7-2-1-3-8-20)26-24-25-21(14-31-24)18-10-9-16-5-4-6-17(16)13-18/h1-3,7-14H,4-6,15H2,(H,25,26,27). The van der Waals surface area contributed by atoms with E-state index in [0.29, 0.717) is 5.13 Å². The summed E-state index contributed by atoms with van der Waals surface area (Å²) >= 11 is 1.33. The van der Waals surface area contributed by atoms with Crippen molar-refractivity contribution in [1.82, 2.24) is 4.98 Å². The van der Waals surface area contributed by atoms with Crippen LogP contribution < -0.4 is 5.32 Å². The molecular weight excluding hydrogens is 444 g/mol. The predicted octanol–water partition coefficient (Wildman–Crippen LogP) is 5.12. The van der Waals surface area contributed by atoms with Gasteiger partial charge < -0.3 is 4.42 Å². The Balaban J connectivity index is 1.27. The summed E-state index contributed by atoms with van der Waals surface area (Å²) in [6.45, 7) is 0. The van der Waals surface area contributed by atoms with Crippen LogP contribution in [0, 0.1) is 0 Å². The van der Waals surface area contributed by atoms with Crippen LogP contribution in [0.2, 0.25) is 0 Å². The topological polar surface area (TPSA) is 89.3 Å². The van der Waals surface area contributed by atoms with Gasteiger partial charge in [0.2, 0.25) is 0 Å². The number of thiazole rings is 1. The summed E-state index contributed by atoms with van der Waals surface area (Å²) in [7, 11) is -3.55. The number of anilines is 1. The van der Waals surface area contributed by atoms with Crippen molar-refractivity contribution in [2.45, 2.75) is 29.9 Å². The van der Waals surface area contributed by atoms with Gasteiger partial charge in [0.25, 0.3) is 5.91 Å². The number of carbonyl (C=O) groups is 1. The van der Waals surface area contributed by atoms with Crippen LogP contribution in [0.1, 0.15) is 33.9 Å². The van der Waals surface area contributed by atoms with Crippen LogP contribution in [0.5, 0.6) is 0 Å². The zero-order chi connectivity index (χ0) is 22.1. The third kappa shape index (κ3) is 4.24. The van der Waals surface area contributed by atoms with Gasteiger partial charge in [0.15, 0.2) is 20.7 Å². The molecule has 0 saturated heterocycles. The van der Waals surface area contributed by atoms with E-state index in [0.717, 1.165) is 24.1 Å². The van der Waals surface area contributed by atoms with E-state index in [9.17, 15) is 13.2 Å². The van der Waals surface area contributed by atoms with Crippen molar-refractivity contribution in [2.75, 3.05) is 5.32 Å². The normalized spacial score (nSPS) is 13.1. The van der Waals surface area contributed by atoms with Gasteiger partial charge in [-0.05, 0) is 60.7 Å². The number of benzene rings is 2. The number of amides is 1. The molecular formula is C24H20N2O4S2. The molecule has 2 heterocycles. The number of aromatic nitrogens is 1. The van der Waals surface area contributed by atoms with E-state index in [1.165, 1.54) is 53.1 Å². The van der Waals surface area contributed by atoms with Crippen molar-refractivity contribution in [2.24, 2.45) is 0 Å². The maximum absolute atomic E-state index is 12.6. The minimum atomic E-state index is -3.55. The zero-order valence-corrected chi connectivity index (χ0v) is 18.7. The summed E-state index contributed by atoms with van der Waals surface area (Å²) in [6.07, 6.45) is 3.42. The Morgan fingerprint density at radius 1 is 1.03 bits per heavy atom. The summed E-state index contributed by atoms with van der Waals surface area (Å²) in [4.78, 5) is 17.3. The molecule has 0 unspecified atom stereocenters. The van der Waals surface area contributed by atoms with Crippen molar-refractivity contribution >= 4 is 32.2 Å². The molecule has 8 heteroatoms. The van der Waals surface area contributed by atoms with Gasteiger partial charge in [-0.25, -0.2) is 13.4 Å². The highest BCUT2D eigenvalue weighted by molar-refractivity contribution is 7.90. The third-order valence-corrected chi connectivity index (χ3v) is 7.85. The number of fused-ring (bicyclic) bond motifs is 1. The molecule has 0 radical (unpaired) electrons. The fraction of sp³-hybridized carbons (Fsp3) is 0.167. The quantitative estimate of drug-likeness (QED) is 0.428. The second kappa shape index (κ2) is 8.37. The van der Waals surface area contributed by atoms with Crippen molar-refractivity contribution in [3.63, 3.8) is 0 Å². The molecule has 2 aromatic carbocycles. The molecule has 1 aliphatic rings. The van der Waals surface area contributed by atoms with Gasteiger partial charge >= 0.3 is 0 Å². The Morgan fingerprint density at radius 3 is 2.69 bits per heavy atom. The molecule has 0 saturated carbocycles. The van der Waals surface area contributed by atoms with Gasteiger partial charge in [0, 0.05) is 10.9 Å². The van der Waals surface area contributed by atoms with E-state index >= 15 is 0 Å². The zero-order valence-electron chi connectivity index (χ0n) is 17.1. The number of rotatable bonds is 6. The van der Waals surface area contributed by atoms with E-state index in [1.807, 2.05) is 5.38 Å². The molecule has 6 nitrogen and oxygen atoms in total. The third-order valence-electron chi connectivity index (χ3n) is 5.44. The highest BCUT2D eigenvalue weighted by atomic mass is 32.2. The molecule has 0 atom stereocenters. The van der Waals surface area contributed by atoms with Crippen LogP contribution in [-0.4, -0.2) is 19.3 Å². The summed E-state index contributed by atoms with van der Waals surface area (Å²) in [5.74, 6) is -0.540. The van der Waals surface area contributed by atoms with Crippen LogP contribution in [0.3, 0.4) is 0 Å². The second-order valence-electron chi connectivity index (χ2n) is 7.67. The highest BCUT2D eigenvalue weighted by Gasteiger charge is 2.20. The van der Waals surface area contributed by atoms with E-state index in [4.69, 9.17) is 4.42 Å². The fourth-order valence-electron chi connectivity index (χ4n) is 3.83. The first-order valence-electron chi connectivity index (χ1n) is 10.2. The van der Waals surface area contributed by atoms with Gasteiger partial charge in [0.1, 0.15) is 11.5 Å². The first kappa shape index (κ1) is 20.7. The lowest BCUT2D eigenvalue weighted by Gasteiger charge is -2.03. The maximum Gasteiger partial charge on any atom is 0.293 e. The fourth-order valence-corrected chi connectivity index (χ4v) is 5.81. The van der Waals surface area contributed by atoms with E-state index in [-0.39, 0.29) is 22.2 Å². The minimum absolute atomic E-state index is 0.0394. The molecule has 2 aromatic heterocycles. The minimum Gasteiger partial charge on any atom is -0.455 e. The van der Waals surface area contributed by atoms with Crippen LogP contribution in [-0.2, 0) is 28.4 Å². The number of nitrogens with zero attached hydrogens (tertiary/aromatic N) is 1. The first-order valence-corrected chi connectivity index (χ1v) is 12.8. The van der Waals surface area contributed by atoms with Crippen molar-refractivity contribution in [3.8, 4) is 11.3 Å². The molecule has 1 amide bonds. The summed E-state index contributed by atoms with van der Waals surface area (Å²) in [5.41, 5.74) is 4.62. The first-order chi connectivity index (χ1) is 15.5. The molecule has 1 N–H and O–H groups in total. The monoisotopic (exact) mass is 464 g/mol. The van der Waals surface area contributed by atoms with Gasteiger partial charge in [-0.15, -0.1) is 11.3 Å². The maximum atomic E-state index is 12.6. The summed E-state index contributed by atoms with van der Waals surface area (Å²) < 4.78 is 30.5. The largest absolute Gasteiger partial charge is 0.455 e. The Bertz CT molecular complexity index is 1390. The van der Waals surface area contributed by atoms with Crippen LogP contribution in [0.15, 0.2) is 75.4 Å². The molecule has 162 valence electrons. The smallest absolute Gasteiger partial charge is 0.293 e. The predicted molar refractivity (Wildman–Crippen MR) is 124 cm³/mol. The van der Waals surface area contributed by atoms with Gasteiger partial charge in [-0.2, -0.15) is 0 Å². The number of furan rings is 1. The average molecular weight is 465 g/mol. The Kier molecular flexibility index (Phi) is 5.40. The average Bonchev–Trinajstić information content (AvgIpc) is 3.54. The molecule has 0 spiro atoms. The van der Waals surface area contributed by atoms with E-state index < -0.39 is 15.7 Å². The van der Waals surface area contributed by atoms with E-state index in [2.05, 4.69) is 28.5 Å². The molecule has 0 fully saturated rings. The number of carbonyl (C=O) groups excluding carboxylic acids is 1. The number of hydrogen-bond donors (Lipinski definition) is 1.